The van der Waals surface area contributed by atoms with E-state index in [-0.39, 0.29) is 17.9 Å². The van der Waals surface area contributed by atoms with Crippen LogP contribution in [0.4, 0.5) is 0 Å². The van der Waals surface area contributed by atoms with E-state index in [1.165, 1.54) is 7.11 Å². The third-order valence-electron chi connectivity index (χ3n) is 3.14. The van der Waals surface area contributed by atoms with Gasteiger partial charge in [-0.25, -0.2) is 0 Å². The summed E-state index contributed by atoms with van der Waals surface area (Å²) in [7, 11) is 1.38. The minimum absolute atomic E-state index is 0.0218. The maximum atomic E-state index is 12.0. The standard InChI is InChI=1S/C13H21NO3/c1-3-4-8-12(15)14-9-6-5-7-11(14)10-13(16)17-2/h3,11H,1,4-10H2,2H3. The second-order valence-electron chi connectivity index (χ2n) is 4.34. The van der Waals surface area contributed by atoms with Crippen LogP contribution in [0, 0.1) is 0 Å². The molecule has 1 aliphatic heterocycles. The van der Waals surface area contributed by atoms with Crippen LogP contribution in [-0.4, -0.2) is 36.5 Å². The number of allylic oxidation sites excluding steroid dienone is 1. The molecule has 1 fully saturated rings. The van der Waals surface area contributed by atoms with Crippen molar-refractivity contribution in [2.45, 2.75) is 44.6 Å². The summed E-state index contributed by atoms with van der Waals surface area (Å²) in [6, 6.07) is 0.0218. The fourth-order valence-corrected chi connectivity index (χ4v) is 2.19. The van der Waals surface area contributed by atoms with Crippen molar-refractivity contribution in [1.29, 1.82) is 0 Å². The smallest absolute Gasteiger partial charge is 0.307 e. The second kappa shape index (κ2) is 7.09. The Bertz CT molecular complexity index is 288. The van der Waals surface area contributed by atoms with Gasteiger partial charge < -0.3 is 9.64 Å². The summed E-state index contributed by atoms with van der Waals surface area (Å²) in [5, 5.41) is 0. The number of hydrogen-bond donors (Lipinski definition) is 0. The largest absolute Gasteiger partial charge is 0.469 e. The number of esters is 1. The molecule has 1 aliphatic rings. The number of ether oxygens (including phenoxy) is 1. The summed E-state index contributed by atoms with van der Waals surface area (Å²) < 4.78 is 4.67. The molecule has 1 amide bonds. The highest BCUT2D eigenvalue weighted by atomic mass is 16.5. The van der Waals surface area contributed by atoms with E-state index in [1.807, 2.05) is 4.90 Å². The number of methoxy groups -OCH3 is 1. The van der Waals surface area contributed by atoms with E-state index in [9.17, 15) is 9.59 Å². The Morgan fingerprint density at radius 1 is 1.47 bits per heavy atom. The third kappa shape index (κ3) is 4.21. The number of rotatable bonds is 5. The lowest BCUT2D eigenvalue weighted by Crippen LogP contribution is -2.44. The lowest BCUT2D eigenvalue weighted by molar-refractivity contribution is -0.144. The molecule has 0 N–H and O–H groups in total. The van der Waals surface area contributed by atoms with Gasteiger partial charge in [0.25, 0.3) is 0 Å². The normalized spacial score (nSPS) is 19.8. The molecule has 1 unspecified atom stereocenters. The zero-order valence-electron chi connectivity index (χ0n) is 10.5. The monoisotopic (exact) mass is 239 g/mol. The van der Waals surface area contributed by atoms with Crippen molar-refractivity contribution in [1.82, 2.24) is 4.90 Å². The Labute approximate surface area is 103 Å². The molecule has 4 nitrogen and oxygen atoms in total. The molecule has 1 rings (SSSR count). The Kier molecular flexibility index (Phi) is 5.73. The van der Waals surface area contributed by atoms with Crippen LogP contribution in [0.1, 0.15) is 38.5 Å². The van der Waals surface area contributed by atoms with E-state index in [1.54, 1.807) is 6.08 Å². The molecule has 1 heterocycles. The van der Waals surface area contributed by atoms with Crippen LogP contribution in [0.3, 0.4) is 0 Å². The first-order valence-corrected chi connectivity index (χ1v) is 6.16. The number of carbonyl (C=O) groups excluding carboxylic acids is 2. The van der Waals surface area contributed by atoms with Crippen molar-refractivity contribution in [3.8, 4) is 0 Å². The highest BCUT2D eigenvalue weighted by Crippen LogP contribution is 2.21. The maximum Gasteiger partial charge on any atom is 0.307 e. The SMILES string of the molecule is C=CCCC(=O)N1CCCCC1CC(=O)OC. The molecule has 0 saturated carbocycles. The Hall–Kier alpha value is -1.32. The lowest BCUT2D eigenvalue weighted by Gasteiger charge is -2.35. The average molecular weight is 239 g/mol. The van der Waals surface area contributed by atoms with Crippen LogP contribution in [0.25, 0.3) is 0 Å². The molecular weight excluding hydrogens is 218 g/mol. The first kappa shape index (κ1) is 13.7. The third-order valence-corrected chi connectivity index (χ3v) is 3.14. The fourth-order valence-electron chi connectivity index (χ4n) is 2.19. The molecule has 0 spiro atoms. The van der Waals surface area contributed by atoms with Crippen molar-refractivity contribution >= 4 is 11.9 Å². The molecule has 0 bridgehead atoms. The van der Waals surface area contributed by atoms with Gasteiger partial charge in [-0.3, -0.25) is 9.59 Å². The predicted molar refractivity (Wildman–Crippen MR) is 65.4 cm³/mol. The number of likely N-dealkylation sites (tertiary alicyclic amines) is 1. The van der Waals surface area contributed by atoms with Gasteiger partial charge in [-0.2, -0.15) is 0 Å². The zero-order chi connectivity index (χ0) is 12.7. The van der Waals surface area contributed by atoms with Gasteiger partial charge in [0.15, 0.2) is 0 Å². The minimum atomic E-state index is -0.238. The Morgan fingerprint density at radius 2 is 2.24 bits per heavy atom. The molecule has 0 aromatic carbocycles. The summed E-state index contributed by atoms with van der Waals surface area (Å²) in [4.78, 5) is 25.1. The molecule has 4 heteroatoms. The van der Waals surface area contributed by atoms with E-state index in [0.29, 0.717) is 19.3 Å². The molecule has 1 saturated heterocycles. The van der Waals surface area contributed by atoms with E-state index >= 15 is 0 Å². The van der Waals surface area contributed by atoms with Crippen LogP contribution in [0.15, 0.2) is 12.7 Å². The van der Waals surface area contributed by atoms with Crippen LogP contribution >= 0.6 is 0 Å². The summed E-state index contributed by atoms with van der Waals surface area (Å²) in [6.07, 6.45) is 6.24. The molecule has 1 atom stereocenters. The molecule has 0 aromatic rings. The van der Waals surface area contributed by atoms with Gasteiger partial charge in [-0.15, -0.1) is 6.58 Å². The number of piperidine rings is 1. The van der Waals surface area contributed by atoms with Gasteiger partial charge in [-0.1, -0.05) is 6.08 Å². The van der Waals surface area contributed by atoms with E-state index < -0.39 is 0 Å². The number of nitrogens with zero attached hydrogens (tertiary/aromatic N) is 1. The van der Waals surface area contributed by atoms with Crippen molar-refractivity contribution in [2.75, 3.05) is 13.7 Å². The predicted octanol–water partition coefficient (Wildman–Crippen LogP) is 1.90. The first-order valence-electron chi connectivity index (χ1n) is 6.16. The molecule has 17 heavy (non-hydrogen) atoms. The van der Waals surface area contributed by atoms with Crippen LogP contribution in [0.2, 0.25) is 0 Å². The van der Waals surface area contributed by atoms with Crippen LogP contribution < -0.4 is 0 Å². The van der Waals surface area contributed by atoms with E-state index in [4.69, 9.17) is 0 Å². The minimum Gasteiger partial charge on any atom is -0.469 e. The van der Waals surface area contributed by atoms with Gasteiger partial charge in [0.2, 0.25) is 5.91 Å². The number of amides is 1. The van der Waals surface area contributed by atoms with Gasteiger partial charge in [-0.05, 0) is 25.7 Å². The molecule has 0 radical (unpaired) electrons. The maximum absolute atomic E-state index is 12.0. The van der Waals surface area contributed by atoms with Gasteiger partial charge in [0.1, 0.15) is 0 Å². The summed E-state index contributed by atoms with van der Waals surface area (Å²) in [5.41, 5.74) is 0. The summed E-state index contributed by atoms with van der Waals surface area (Å²) in [5.74, 6) is -0.114. The second-order valence-corrected chi connectivity index (χ2v) is 4.34. The van der Waals surface area contributed by atoms with Crippen LogP contribution in [0.5, 0.6) is 0 Å². The summed E-state index contributed by atoms with van der Waals surface area (Å²) in [6.45, 7) is 4.38. The molecular formula is C13H21NO3. The fraction of sp³-hybridized carbons (Fsp3) is 0.692. The topological polar surface area (TPSA) is 46.6 Å². The van der Waals surface area contributed by atoms with Crippen molar-refractivity contribution in [3.05, 3.63) is 12.7 Å². The van der Waals surface area contributed by atoms with E-state index in [2.05, 4.69) is 11.3 Å². The number of carbonyl (C=O) groups is 2. The zero-order valence-corrected chi connectivity index (χ0v) is 10.5. The van der Waals surface area contributed by atoms with Crippen LogP contribution in [-0.2, 0) is 14.3 Å². The first-order chi connectivity index (χ1) is 8.19. The molecule has 96 valence electrons. The van der Waals surface area contributed by atoms with Gasteiger partial charge in [0, 0.05) is 19.0 Å². The highest BCUT2D eigenvalue weighted by molar-refractivity contribution is 5.78. The van der Waals surface area contributed by atoms with Crippen molar-refractivity contribution in [2.24, 2.45) is 0 Å². The Balaban J connectivity index is 2.55. The number of hydrogen-bond acceptors (Lipinski definition) is 3. The Morgan fingerprint density at radius 3 is 2.88 bits per heavy atom. The van der Waals surface area contributed by atoms with Crippen molar-refractivity contribution < 1.29 is 14.3 Å². The summed E-state index contributed by atoms with van der Waals surface area (Å²) >= 11 is 0. The highest BCUT2D eigenvalue weighted by Gasteiger charge is 2.28. The average Bonchev–Trinajstić information content (AvgIpc) is 2.36. The van der Waals surface area contributed by atoms with E-state index in [0.717, 1.165) is 25.8 Å². The van der Waals surface area contributed by atoms with Gasteiger partial charge >= 0.3 is 5.97 Å². The quantitative estimate of drug-likeness (QED) is 0.543. The molecule has 0 aromatic heterocycles. The van der Waals surface area contributed by atoms with Crippen molar-refractivity contribution in [3.63, 3.8) is 0 Å². The molecule has 0 aliphatic carbocycles. The lowest BCUT2D eigenvalue weighted by atomic mass is 9.98. The van der Waals surface area contributed by atoms with Gasteiger partial charge in [0.05, 0.1) is 13.5 Å².